The number of hydrazine groups is 1. The lowest BCUT2D eigenvalue weighted by Gasteiger charge is -2.13. The van der Waals surface area contributed by atoms with Crippen LogP contribution in [0.2, 0.25) is 4.34 Å². The predicted molar refractivity (Wildman–Crippen MR) is 76.6 cm³/mol. The molecule has 1 aromatic carbocycles. The predicted octanol–water partition coefficient (Wildman–Crippen LogP) is 3.70. The van der Waals surface area contributed by atoms with E-state index in [4.69, 9.17) is 17.4 Å². The summed E-state index contributed by atoms with van der Waals surface area (Å²) in [4.78, 5) is 2.41. The smallest absolute Gasteiger partial charge is 0.0931 e. The minimum atomic E-state index is 0.137. The fourth-order valence-electron chi connectivity index (χ4n) is 1.42. The molecule has 3 N–H and O–H groups in total. The summed E-state index contributed by atoms with van der Waals surface area (Å²) in [6.45, 7) is 0. The first-order chi connectivity index (χ1) is 8.29. The van der Waals surface area contributed by atoms with Crippen LogP contribution in [0.25, 0.3) is 0 Å². The zero-order valence-corrected chi connectivity index (χ0v) is 11.5. The van der Waals surface area contributed by atoms with Crippen LogP contribution >= 0.6 is 34.7 Å². The van der Waals surface area contributed by atoms with Crippen LogP contribution in [0.15, 0.2) is 47.4 Å². The van der Waals surface area contributed by atoms with Crippen molar-refractivity contribution < 1.29 is 0 Å². The Hall–Kier alpha value is -0.520. The van der Waals surface area contributed by atoms with Crippen molar-refractivity contribution in [2.75, 3.05) is 5.75 Å². The molecule has 1 atom stereocenters. The summed E-state index contributed by atoms with van der Waals surface area (Å²) in [6, 6.07) is 14.3. The number of nitrogens with two attached hydrogens (primary N) is 1. The third-order valence-corrected chi connectivity index (χ3v) is 4.75. The number of nitrogens with one attached hydrogen (secondary N) is 1. The summed E-state index contributed by atoms with van der Waals surface area (Å²) in [7, 11) is 0. The minimum absolute atomic E-state index is 0.137. The zero-order valence-electron chi connectivity index (χ0n) is 9.10. The van der Waals surface area contributed by atoms with Gasteiger partial charge in [0.1, 0.15) is 0 Å². The molecule has 5 heteroatoms. The van der Waals surface area contributed by atoms with Gasteiger partial charge >= 0.3 is 0 Å². The first-order valence-electron chi connectivity index (χ1n) is 5.19. The van der Waals surface area contributed by atoms with Gasteiger partial charge in [0.15, 0.2) is 0 Å². The maximum absolute atomic E-state index is 5.92. The molecular weight excluding hydrogens is 272 g/mol. The SMILES string of the molecule is NNC(CSc1ccccc1)c1ccc(Cl)s1. The van der Waals surface area contributed by atoms with E-state index < -0.39 is 0 Å². The van der Waals surface area contributed by atoms with Crippen molar-refractivity contribution >= 4 is 34.7 Å². The van der Waals surface area contributed by atoms with Gasteiger partial charge in [-0.1, -0.05) is 29.8 Å². The van der Waals surface area contributed by atoms with Gasteiger partial charge in [-0.2, -0.15) is 0 Å². The molecule has 1 unspecified atom stereocenters. The molecule has 2 rings (SSSR count). The van der Waals surface area contributed by atoms with E-state index in [-0.39, 0.29) is 6.04 Å². The van der Waals surface area contributed by atoms with Crippen molar-refractivity contribution in [1.29, 1.82) is 0 Å². The van der Waals surface area contributed by atoms with Crippen LogP contribution in [0.5, 0.6) is 0 Å². The lowest BCUT2D eigenvalue weighted by molar-refractivity contribution is 0.620. The van der Waals surface area contributed by atoms with Crippen molar-refractivity contribution in [3.05, 3.63) is 51.7 Å². The fourth-order valence-corrected chi connectivity index (χ4v) is 3.64. The van der Waals surface area contributed by atoms with Gasteiger partial charge in [0.05, 0.1) is 10.4 Å². The van der Waals surface area contributed by atoms with Gasteiger partial charge < -0.3 is 0 Å². The van der Waals surface area contributed by atoms with E-state index in [1.807, 2.05) is 30.3 Å². The molecule has 0 saturated carbocycles. The van der Waals surface area contributed by atoms with Gasteiger partial charge in [-0.05, 0) is 24.3 Å². The number of halogens is 1. The van der Waals surface area contributed by atoms with E-state index >= 15 is 0 Å². The van der Waals surface area contributed by atoms with Gasteiger partial charge in [0.2, 0.25) is 0 Å². The Kier molecular flexibility index (Phi) is 4.88. The first-order valence-corrected chi connectivity index (χ1v) is 7.37. The first kappa shape index (κ1) is 12.9. The lowest BCUT2D eigenvalue weighted by atomic mass is 10.3. The molecule has 0 radical (unpaired) electrons. The van der Waals surface area contributed by atoms with Gasteiger partial charge in [-0.15, -0.1) is 23.1 Å². The molecule has 0 fully saturated rings. The van der Waals surface area contributed by atoms with Crippen LogP contribution in [0.4, 0.5) is 0 Å². The Morgan fingerprint density at radius 2 is 2.00 bits per heavy atom. The Labute approximate surface area is 114 Å². The molecule has 0 aliphatic heterocycles. The molecule has 2 nitrogen and oxygen atoms in total. The van der Waals surface area contributed by atoms with Crippen LogP contribution in [0, 0.1) is 0 Å². The molecule has 1 aromatic heterocycles. The summed E-state index contributed by atoms with van der Waals surface area (Å²) in [5, 5.41) is 0. The number of benzene rings is 1. The summed E-state index contributed by atoms with van der Waals surface area (Å²) >= 11 is 9.27. The largest absolute Gasteiger partial charge is 0.271 e. The highest BCUT2D eigenvalue weighted by molar-refractivity contribution is 7.99. The second kappa shape index (κ2) is 6.42. The number of hydrogen-bond acceptors (Lipinski definition) is 4. The van der Waals surface area contributed by atoms with Crippen molar-refractivity contribution in [2.24, 2.45) is 5.84 Å². The van der Waals surface area contributed by atoms with Gasteiger partial charge in [0.25, 0.3) is 0 Å². The molecule has 2 aromatic rings. The number of hydrogen-bond donors (Lipinski definition) is 2. The highest BCUT2D eigenvalue weighted by Crippen LogP contribution is 2.30. The third-order valence-electron chi connectivity index (χ3n) is 2.30. The number of rotatable bonds is 5. The average Bonchev–Trinajstić information content (AvgIpc) is 2.78. The monoisotopic (exact) mass is 284 g/mol. The molecule has 90 valence electrons. The summed E-state index contributed by atoms with van der Waals surface area (Å²) in [5.41, 5.74) is 2.83. The maximum atomic E-state index is 5.92. The quantitative estimate of drug-likeness (QED) is 0.499. The molecule has 0 aliphatic carbocycles. The van der Waals surface area contributed by atoms with Crippen LogP contribution in [-0.2, 0) is 0 Å². The van der Waals surface area contributed by atoms with Crippen LogP contribution in [-0.4, -0.2) is 5.75 Å². The Balaban J connectivity index is 1.97. The Morgan fingerprint density at radius 1 is 1.24 bits per heavy atom. The maximum Gasteiger partial charge on any atom is 0.0931 e. The number of thiophene rings is 1. The minimum Gasteiger partial charge on any atom is -0.271 e. The van der Waals surface area contributed by atoms with Crippen molar-refractivity contribution in [3.63, 3.8) is 0 Å². The van der Waals surface area contributed by atoms with Crippen LogP contribution < -0.4 is 11.3 Å². The van der Waals surface area contributed by atoms with Gasteiger partial charge in [-0.3, -0.25) is 11.3 Å². The van der Waals surface area contributed by atoms with E-state index in [0.717, 1.165) is 10.1 Å². The summed E-state index contributed by atoms with van der Waals surface area (Å²) in [5.74, 6) is 6.46. The van der Waals surface area contributed by atoms with Crippen LogP contribution in [0.1, 0.15) is 10.9 Å². The Morgan fingerprint density at radius 3 is 2.59 bits per heavy atom. The topological polar surface area (TPSA) is 38.0 Å². The van der Waals surface area contributed by atoms with Crippen molar-refractivity contribution in [2.45, 2.75) is 10.9 Å². The molecule has 0 aliphatic rings. The number of thioether (sulfide) groups is 1. The lowest BCUT2D eigenvalue weighted by Crippen LogP contribution is -2.28. The molecule has 17 heavy (non-hydrogen) atoms. The van der Waals surface area contributed by atoms with Gasteiger partial charge in [0, 0.05) is 15.5 Å². The van der Waals surface area contributed by atoms with Gasteiger partial charge in [-0.25, -0.2) is 0 Å². The standard InChI is InChI=1S/C12H13ClN2S2/c13-12-7-6-11(17-12)10(15-14)8-16-9-4-2-1-3-5-9/h1-7,10,15H,8,14H2. The Bertz CT molecular complexity index is 459. The zero-order chi connectivity index (χ0) is 12.1. The van der Waals surface area contributed by atoms with Crippen LogP contribution in [0.3, 0.4) is 0 Å². The highest BCUT2D eigenvalue weighted by Gasteiger charge is 2.12. The molecule has 1 heterocycles. The van der Waals surface area contributed by atoms with Crippen molar-refractivity contribution in [3.8, 4) is 0 Å². The fraction of sp³-hybridized carbons (Fsp3) is 0.167. The molecule has 0 saturated heterocycles. The second-order valence-corrected chi connectivity index (χ2v) is 6.33. The van der Waals surface area contributed by atoms with E-state index in [1.54, 1.807) is 23.1 Å². The summed E-state index contributed by atoms with van der Waals surface area (Å²) < 4.78 is 0.796. The van der Waals surface area contributed by atoms with E-state index in [9.17, 15) is 0 Å². The molecular formula is C12H13ClN2S2. The van der Waals surface area contributed by atoms with Crippen molar-refractivity contribution in [1.82, 2.24) is 5.43 Å². The third kappa shape index (κ3) is 3.72. The molecule has 0 spiro atoms. The highest BCUT2D eigenvalue weighted by atomic mass is 35.5. The molecule has 0 bridgehead atoms. The average molecular weight is 285 g/mol. The van der Waals surface area contributed by atoms with E-state index in [0.29, 0.717) is 0 Å². The second-order valence-electron chi connectivity index (χ2n) is 3.49. The van der Waals surface area contributed by atoms with E-state index in [2.05, 4.69) is 17.6 Å². The normalized spacial score (nSPS) is 12.6. The summed E-state index contributed by atoms with van der Waals surface area (Å²) in [6.07, 6.45) is 0. The molecule has 0 amide bonds. The van der Waals surface area contributed by atoms with E-state index in [1.165, 1.54) is 9.77 Å².